The van der Waals surface area contributed by atoms with E-state index >= 15 is 0 Å². The summed E-state index contributed by atoms with van der Waals surface area (Å²) in [6, 6.07) is 9.63. The molecule has 0 saturated carbocycles. The molecular weight excluding hydrogens is 378 g/mol. The fourth-order valence-electron chi connectivity index (χ4n) is 2.67. The fourth-order valence-corrected chi connectivity index (χ4v) is 3.32. The molecule has 0 spiro atoms. The molecule has 0 unspecified atom stereocenters. The molecule has 146 valence electrons. The summed E-state index contributed by atoms with van der Waals surface area (Å²) >= 11 is 1.51. The molecule has 0 radical (unpaired) electrons. The number of carbonyl (C=O) groups is 2. The van der Waals surface area contributed by atoms with E-state index < -0.39 is 5.97 Å². The molecule has 1 aromatic carbocycles. The average Bonchev–Trinajstić information content (AvgIpc) is 3.38. The van der Waals surface area contributed by atoms with E-state index in [2.05, 4.69) is 15.5 Å². The van der Waals surface area contributed by atoms with Gasteiger partial charge in [-0.25, -0.2) is 0 Å². The lowest BCUT2D eigenvalue weighted by atomic mass is 10.1. The monoisotopic (exact) mass is 399 g/mol. The number of carbonyl (C=O) groups excluding carboxylic acids is 2. The zero-order valence-electron chi connectivity index (χ0n) is 15.7. The van der Waals surface area contributed by atoms with Crippen molar-refractivity contribution in [3.8, 4) is 10.7 Å². The number of hydrogen-bond donors (Lipinski definition) is 1. The first-order valence-electron chi connectivity index (χ1n) is 8.97. The number of thiophene rings is 1. The minimum Gasteiger partial charge on any atom is -0.456 e. The second-order valence-corrected chi connectivity index (χ2v) is 7.11. The number of para-hydroxylation sites is 1. The van der Waals surface area contributed by atoms with Crippen LogP contribution in [0.2, 0.25) is 0 Å². The predicted molar refractivity (Wildman–Crippen MR) is 106 cm³/mol. The standard InChI is InChI=1S/C20H21N3O4S/c1-3-14-7-4-6-13(2)19(14)21-16(24)12-26-18(25)10-9-17-22-20(23-27-17)15-8-5-11-28-15/h4-8,11H,3,9-10,12H2,1-2H3,(H,21,24). The lowest BCUT2D eigenvalue weighted by Crippen LogP contribution is -2.22. The number of ether oxygens (including phenoxy) is 1. The first-order chi connectivity index (χ1) is 13.6. The van der Waals surface area contributed by atoms with Gasteiger partial charge < -0.3 is 14.6 Å². The largest absolute Gasteiger partial charge is 0.456 e. The number of nitrogens with zero attached hydrogens (tertiary/aromatic N) is 2. The van der Waals surface area contributed by atoms with Gasteiger partial charge in [-0.15, -0.1) is 11.3 Å². The molecule has 2 aromatic heterocycles. The molecule has 0 atom stereocenters. The van der Waals surface area contributed by atoms with E-state index in [-0.39, 0.29) is 25.4 Å². The Hall–Kier alpha value is -3.00. The topological polar surface area (TPSA) is 94.3 Å². The van der Waals surface area contributed by atoms with Gasteiger partial charge in [0, 0.05) is 12.1 Å². The number of anilines is 1. The third-order valence-corrected chi connectivity index (χ3v) is 4.99. The molecule has 0 aliphatic carbocycles. The van der Waals surface area contributed by atoms with Crippen molar-refractivity contribution in [2.75, 3.05) is 11.9 Å². The van der Waals surface area contributed by atoms with E-state index in [9.17, 15) is 9.59 Å². The van der Waals surface area contributed by atoms with Crippen molar-refractivity contribution >= 4 is 28.9 Å². The van der Waals surface area contributed by atoms with Crippen LogP contribution in [0.3, 0.4) is 0 Å². The Bertz CT molecular complexity index is 950. The van der Waals surface area contributed by atoms with Gasteiger partial charge in [-0.1, -0.05) is 36.3 Å². The molecular formula is C20H21N3O4S. The van der Waals surface area contributed by atoms with E-state index in [1.54, 1.807) is 0 Å². The molecule has 7 nitrogen and oxygen atoms in total. The molecule has 0 aliphatic heterocycles. The van der Waals surface area contributed by atoms with Crippen molar-refractivity contribution < 1.29 is 18.8 Å². The predicted octanol–water partition coefficient (Wildman–Crippen LogP) is 3.78. The third kappa shape index (κ3) is 5.04. The number of aromatic nitrogens is 2. The number of nitrogens with one attached hydrogen (secondary N) is 1. The number of hydrogen-bond acceptors (Lipinski definition) is 7. The van der Waals surface area contributed by atoms with Gasteiger partial charge in [0.15, 0.2) is 6.61 Å². The summed E-state index contributed by atoms with van der Waals surface area (Å²) in [7, 11) is 0. The van der Waals surface area contributed by atoms with Crippen LogP contribution in [0.4, 0.5) is 5.69 Å². The van der Waals surface area contributed by atoms with E-state index in [0.29, 0.717) is 11.7 Å². The van der Waals surface area contributed by atoms with Crippen molar-refractivity contribution in [1.29, 1.82) is 0 Å². The molecule has 3 rings (SSSR count). The molecule has 2 heterocycles. The average molecular weight is 399 g/mol. The van der Waals surface area contributed by atoms with Crippen LogP contribution >= 0.6 is 11.3 Å². The number of aryl methyl sites for hydroxylation is 3. The maximum atomic E-state index is 12.1. The van der Waals surface area contributed by atoms with E-state index in [1.165, 1.54) is 11.3 Å². The van der Waals surface area contributed by atoms with Crippen molar-refractivity contribution in [3.05, 3.63) is 52.7 Å². The maximum Gasteiger partial charge on any atom is 0.306 e. The summed E-state index contributed by atoms with van der Waals surface area (Å²) in [5, 5.41) is 8.64. The van der Waals surface area contributed by atoms with Crippen molar-refractivity contribution in [3.63, 3.8) is 0 Å². The molecule has 1 amide bonds. The highest BCUT2D eigenvalue weighted by molar-refractivity contribution is 7.13. The molecule has 3 aromatic rings. The molecule has 0 aliphatic rings. The normalized spacial score (nSPS) is 10.6. The second kappa shape index (κ2) is 9.27. The second-order valence-electron chi connectivity index (χ2n) is 6.16. The lowest BCUT2D eigenvalue weighted by molar-refractivity contribution is -0.147. The SMILES string of the molecule is CCc1cccc(C)c1NC(=O)COC(=O)CCc1nc(-c2cccs2)no1. The fraction of sp³-hybridized carbons (Fsp3) is 0.300. The van der Waals surface area contributed by atoms with Gasteiger partial charge in [-0.3, -0.25) is 9.59 Å². The number of esters is 1. The third-order valence-electron chi connectivity index (χ3n) is 4.12. The number of amides is 1. The molecule has 28 heavy (non-hydrogen) atoms. The van der Waals surface area contributed by atoms with Gasteiger partial charge in [0.1, 0.15) is 0 Å². The number of rotatable bonds is 8. The minimum absolute atomic E-state index is 0.0595. The van der Waals surface area contributed by atoms with Gasteiger partial charge >= 0.3 is 5.97 Å². The summed E-state index contributed by atoms with van der Waals surface area (Å²) < 4.78 is 10.2. The van der Waals surface area contributed by atoms with Gasteiger partial charge in [-0.05, 0) is 35.9 Å². The Morgan fingerprint density at radius 1 is 1.25 bits per heavy atom. The van der Waals surface area contributed by atoms with Crippen LogP contribution in [0.15, 0.2) is 40.2 Å². The van der Waals surface area contributed by atoms with Gasteiger partial charge in [0.2, 0.25) is 11.7 Å². The zero-order chi connectivity index (χ0) is 19.9. The van der Waals surface area contributed by atoms with Gasteiger partial charge in [0.05, 0.1) is 11.3 Å². The van der Waals surface area contributed by atoms with Crippen molar-refractivity contribution in [2.45, 2.75) is 33.1 Å². The Kier molecular flexibility index (Phi) is 6.54. The van der Waals surface area contributed by atoms with Crippen LogP contribution in [0.1, 0.15) is 30.4 Å². The summed E-state index contributed by atoms with van der Waals surface area (Å²) in [6.45, 7) is 3.61. The zero-order valence-corrected chi connectivity index (χ0v) is 16.5. The van der Waals surface area contributed by atoms with Crippen LogP contribution in [0.25, 0.3) is 10.7 Å². The maximum absolute atomic E-state index is 12.1. The van der Waals surface area contributed by atoms with Crippen LogP contribution in [-0.2, 0) is 27.2 Å². The van der Waals surface area contributed by atoms with Crippen LogP contribution < -0.4 is 5.32 Å². The first kappa shape index (κ1) is 19.8. The van der Waals surface area contributed by atoms with Crippen LogP contribution in [-0.4, -0.2) is 28.6 Å². The first-order valence-corrected chi connectivity index (χ1v) is 9.85. The quantitative estimate of drug-likeness (QED) is 0.579. The molecule has 1 N–H and O–H groups in total. The van der Waals surface area contributed by atoms with Gasteiger partial charge in [-0.2, -0.15) is 4.98 Å². The van der Waals surface area contributed by atoms with Crippen molar-refractivity contribution in [1.82, 2.24) is 10.1 Å². The summed E-state index contributed by atoms with van der Waals surface area (Å²) in [5.74, 6) is 0.00153. The Balaban J connectivity index is 1.45. The Morgan fingerprint density at radius 3 is 2.86 bits per heavy atom. The molecule has 0 bridgehead atoms. The molecule has 8 heteroatoms. The molecule has 0 saturated heterocycles. The highest BCUT2D eigenvalue weighted by atomic mass is 32.1. The van der Waals surface area contributed by atoms with E-state index in [1.807, 2.05) is 49.6 Å². The Morgan fingerprint density at radius 2 is 2.11 bits per heavy atom. The van der Waals surface area contributed by atoms with E-state index in [0.717, 1.165) is 28.1 Å². The lowest BCUT2D eigenvalue weighted by Gasteiger charge is -2.13. The van der Waals surface area contributed by atoms with E-state index in [4.69, 9.17) is 9.26 Å². The smallest absolute Gasteiger partial charge is 0.306 e. The summed E-state index contributed by atoms with van der Waals surface area (Å²) in [5.41, 5.74) is 2.78. The minimum atomic E-state index is -0.494. The number of benzene rings is 1. The van der Waals surface area contributed by atoms with Crippen LogP contribution in [0.5, 0.6) is 0 Å². The highest BCUT2D eigenvalue weighted by Crippen LogP contribution is 2.22. The highest BCUT2D eigenvalue weighted by Gasteiger charge is 2.14. The Labute approximate surface area is 166 Å². The van der Waals surface area contributed by atoms with Gasteiger partial charge in [0.25, 0.3) is 5.91 Å². The molecule has 0 fully saturated rings. The summed E-state index contributed by atoms with van der Waals surface area (Å²) in [4.78, 5) is 29.2. The van der Waals surface area contributed by atoms with Crippen LogP contribution in [0, 0.1) is 6.92 Å². The van der Waals surface area contributed by atoms with Crippen molar-refractivity contribution in [2.24, 2.45) is 0 Å². The summed E-state index contributed by atoms with van der Waals surface area (Å²) in [6.07, 6.45) is 1.12.